The lowest BCUT2D eigenvalue weighted by molar-refractivity contribution is -0.133. The van der Waals surface area contributed by atoms with E-state index in [0.717, 1.165) is 25.3 Å². The number of imide groups is 1. The molecule has 1 aromatic carbocycles. The zero-order valence-corrected chi connectivity index (χ0v) is 15.1. The Balaban J connectivity index is 1.49. The van der Waals surface area contributed by atoms with Crippen LogP contribution in [-0.2, 0) is 16.1 Å². The summed E-state index contributed by atoms with van der Waals surface area (Å²) in [5, 5.41) is 5.59. The van der Waals surface area contributed by atoms with Crippen LogP contribution in [-0.4, -0.2) is 60.9 Å². The fraction of sp³-hybridized carbons (Fsp3) is 0.579. The molecule has 2 fully saturated rings. The number of likely N-dealkylation sites (tertiary alicyclic amines) is 1. The van der Waals surface area contributed by atoms with Crippen molar-refractivity contribution in [3.63, 3.8) is 0 Å². The second-order valence-electron chi connectivity index (χ2n) is 7.32. The number of carbonyl (C=O) groups excluding carboxylic acids is 2. The molecule has 0 bridgehead atoms. The summed E-state index contributed by atoms with van der Waals surface area (Å²) in [6, 6.07) is 8.65. The van der Waals surface area contributed by atoms with E-state index < -0.39 is 0 Å². The highest BCUT2D eigenvalue weighted by molar-refractivity contribution is 6.01. The summed E-state index contributed by atoms with van der Waals surface area (Å²) in [6.07, 6.45) is 3.39. The Morgan fingerprint density at radius 1 is 1.12 bits per heavy atom. The summed E-state index contributed by atoms with van der Waals surface area (Å²) in [5.41, 5.74) is 2.21. The third-order valence-electron chi connectivity index (χ3n) is 5.23. The molecule has 3 rings (SSSR count). The van der Waals surface area contributed by atoms with E-state index in [1.807, 2.05) is 12.1 Å². The summed E-state index contributed by atoms with van der Waals surface area (Å²) < 4.78 is 0. The number of nitrogens with zero attached hydrogens (tertiary/aromatic N) is 2. The Morgan fingerprint density at radius 3 is 2.40 bits per heavy atom. The third kappa shape index (κ3) is 4.80. The lowest BCUT2D eigenvalue weighted by atomic mass is 10.0. The van der Waals surface area contributed by atoms with Gasteiger partial charge in [0.1, 0.15) is 6.04 Å². The van der Waals surface area contributed by atoms with Gasteiger partial charge in [-0.25, -0.2) is 0 Å². The molecule has 1 aromatic rings. The molecule has 6 heteroatoms. The van der Waals surface area contributed by atoms with E-state index in [-0.39, 0.29) is 17.9 Å². The second kappa shape index (κ2) is 7.97. The molecule has 0 radical (unpaired) electrons. The van der Waals surface area contributed by atoms with Crippen LogP contribution in [0, 0.1) is 0 Å². The Kier molecular flexibility index (Phi) is 5.71. The zero-order valence-electron chi connectivity index (χ0n) is 15.1. The number of amides is 2. The molecule has 2 aliphatic rings. The van der Waals surface area contributed by atoms with Gasteiger partial charge in [0.15, 0.2) is 0 Å². The fourth-order valence-electron chi connectivity index (χ4n) is 3.59. The number of hydrogen-bond acceptors (Lipinski definition) is 5. The second-order valence-corrected chi connectivity index (χ2v) is 7.32. The molecule has 25 heavy (non-hydrogen) atoms. The average molecular weight is 344 g/mol. The van der Waals surface area contributed by atoms with Crippen molar-refractivity contribution in [1.29, 1.82) is 0 Å². The molecule has 2 amide bonds. The molecule has 2 N–H and O–H groups in total. The first-order valence-corrected chi connectivity index (χ1v) is 9.09. The van der Waals surface area contributed by atoms with Crippen molar-refractivity contribution in [3.8, 4) is 0 Å². The largest absolute Gasteiger partial charge is 0.374 e. The molecule has 0 spiro atoms. The van der Waals surface area contributed by atoms with E-state index >= 15 is 0 Å². The van der Waals surface area contributed by atoms with E-state index in [9.17, 15) is 9.59 Å². The summed E-state index contributed by atoms with van der Waals surface area (Å²) in [4.78, 5) is 27.8. The quantitative estimate of drug-likeness (QED) is 0.791. The van der Waals surface area contributed by atoms with Crippen molar-refractivity contribution in [2.24, 2.45) is 0 Å². The van der Waals surface area contributed by atoms with Gasteiger partial charge in [0.25, 0.3) is 0 Å². The van der Waals surface area contributed by atoms with E-state index in [0.29, 0.717) is 18.9 Å². The lowest BCUT2D eigenvalue weighted by Crippen LogP contribution is -2.47. The number of carbonyl (C=O) groups is 2. The standard InChI is InChI=1S/C19H28N4O2/c1-22(2)16-9-11-23(12-10-16)13-14-3-5-15(6-4-14)20-17-7-8-18(24)21-19(17)25/h3-6,16-17,20H,7-13H2,1-2H3,(H,21,24,25). The number of nitrogens with one attached hydrogen (secondary N) is 2. The van der Waals surface area contributed by atoms with E-state index in [1.54, 1.807) is 0 Å². The van der Waals surface area contributed by atoms with Crippen LogP contribution in [0.1, 0.15) is 31.2 Å². The van der Waals surface area contributed by atoms with E-state index in [4.69, 9.17) is 0 Å². The van der Waals surface area contributed by atoms with Crippen LogP contribution < -0.4 is 10.6 Å². The van der Waals surface area contributed by atoms with Crippen molar-refractivity contribution in [1.82, 2.24) is 15.1 Å². The highest BCUT2D eigenvalue weighted by Gasteiger charge is 2.26. The molecule has 0 aliphatic carbocycles. The maximum atomic E-state index is 11.8. The number of rotatable bonds is 5. The molecule has 0 saturated carbocycles. The smallest absolute Gasteiger partial charge is 0.249 e. The van der Waals surface area contributed by atoms with Crippen LogP contribution in [0.5, 0.6) is 0 Å². The van der Waals surface area contributed by atoms with Gasteiger partial charge < -0.3 is 10.2 Å². The fourth-order valence-corrected chi connectivity index (χ4v) is 3.59. The Morgan fingerprint density at radius 2 is 1.80 bits per heavy atom. The maximum absolute atomic E-state index is 11.8. The van der Waals surface area contributed by atoms with Crippen molar-refractivity contribution < 1.29 is 9.59 Å². The number of piperidine rings is 2. The molecule has 1 atom stereocenters. The maximum Gasteiger partial charge on any atom is 0.249 e. The molecule has 1 unspecified atom stereocenters. The van der Waals surface area contributed by atoms with Crippen molar-refractivity contribution in [2.75, 3.05) is 32.5 Å². The molecule has 2 heterocycles. The van der Waals surface area contributed by atoms with Gasteiger partial charge in [-0.1, -0.05) is 12.1 Å². The lowest BCUT2D eigenvalue weighted by Gasteiger charge is -2.35. The molecular weight excluding hydrogens is 316 g/mol. The van der Waals surface area contributed by atoms with Crippen LogP contribution in [0.2, 0.25) is 0 Å². The molecular formula is C19H28N4O2. The van der Waals surface area contributed by atoms with Gasteiger partial charge in [0.2, 0.25) is 11.8 Å². The van der Waals surface area contributed by atoms with Gasteiger partial charge in [-0.3, -0.25) is 19.8 Å². The minimum Gasteiger partial charge on any atom is -0.374 e. The van der Waals surface area contributed by atoms with E-state index in [1.165, 1.54) is 18.4 Å². The predicted octanol–water partition coefficient (Wildman–Crippen LogP) is 1.43. The first kappa shape index (κ1) is 17.9. The van der Waals surface area contributed by atoms with Crippen LogP contribution in [0.15, 0.2) is 24.3 Å². The van der Waals surface area contributed by atoms with Gasteiger partial charge in [-0.2, -0.15) is 0 Å². The van der Waals surface area contributed by atoms with Crippen molar-refractivity contribution in [2.45, 2.75) is 44.3 Å². The SMILES string of the molecule is CN(C)C1CCN(Cc2ccc(NC3CCC(=O)NC3=O)cc2)CC1. The molecule has 2 saturated heterocycles. The molecule has 2 aliphatic heterocycles. The van der Waals surface area contributed by atoms with Crippen LogP contribution >= 0.6 is 0 Å². The average Bonchev–Trinajstić information content (AvgIpc) is 2.59. The summed E-state index contributed by atoms with van der Waals surface area (Å²) in [7, 11) is 4.32. The van der Waals surface area contributed by atoms with Gasteiger partial charge in [-0.15, -0.1) is 0 Å². The minimum atomic E-state index is -0.325. The topological polar surface area (TPSA) is 64.7 Å². The highest BCUT2D eigenvalue weighted by Crippen LogP contribution is 2.19. The Labute approximate surface area is 149 Å². The van der Waals surface area contributed by atoms with Gasteiger partial charge in [0, 0.05) is 24.7 Å². The highest BCUT2D eigenvalue weighted by atomic mass is 16.2. The number of anilines is 1. The van der Waals surface area contributed by atoms with Crippen LogP contribution in [0.25, 0.3) is 0 Å². The number of hydrogen-bond donors (Lipinski definition) is 2. The molecule has 136 valence electrons. The zero-order chi connectivity index (χ0) is 17.8. The minimum absolute atomic E-state index is 0.184. The summed E-state index contributed by atoms with van der Waals surface area (Å²) >= 11 is 0. The van der Waals surface area contributed by atoms with Crippen molar-refractivity contribution in [3.05, 3.63) is 29.8 Å². The Hall–Kier alpha value is -1.92. The van der Waals surface area contributed by atoms with Crippen molar-refractivity contribution >= 4 is 17.5 Å². The number of benzene rings is 1. The normalized spacial score (nSPS) is 22.9. The monoisotopic (exact) mass is 344 g/mol. The third-order valence-corrected chi connectivity index (χ3v) is 5.23. The predicted molar refractivity (Wildman–Crippen MR) is 98.2 cm³/mol. The first-order chi connectivity index (χ1) is 12.0. The van der Waals surface area contributed by atoms with Crippen LogP contribution in [0.4, 0.5) is 5.69 Å². The summed E-state index contributed by atoms with van der Waals surface area (Å²) in [5.74, 6) is -0.416. The summed E-state index contributed by atoms with van der Waals surface area (Å²) in [6.45, 7) is 3.25. The Bertz CT molecular complexity index is 606. The van der Waals surface area contributed by atoms with Crippen LogP contribution in [0.3, 0.4) is 0 Å². The van der Waals surface area contributed by atoms with E-state index in [2.05, 4.69) is 46.7 Å². The first-order valence-electron chi connectivity index (χ1n) is 9.09. The van der Waals surface area contributed by atoms with Gasteiger partial charge in [-0.05, 0) is 64.1 Å². The molecule has 6 nitrogen and oxygen atoms in total. The molecule has 0 aromatic heterocycles. The van der Waals surface area contributed by atoms with Gasteiger partial charge >= 0.3 is 0 Å². The van der Waals surface area contributed by atoms with Gasteiger partial charge in [0.05, 0.1) is 0 Å².